The van der Waals surface area contributed by atoms with Gasteiger partial charge in [-0.25, -0.2) is 4.98 Å². The lowest BCUT2D eigenvalue weighted by Crippen LogP contribution is -2.43. The largest absolute Gasteiger partial charge is 0.358 e. The number of carbonyl (C=O) groups excluding carboxylic acids is 1. The Morgan fingerprint density at radius 3 is 3.00 bits per heavy atom. The highest BCUT2D eigenvalue weighted by atomic mass is 35.5. The van der Waals surface area contributed by atoms with Crippen molar-refractivity contribution in [1.82, 2.24) is 14.9 Å². The number of fused-ring (bicyclic) bond motifs is 1. The van der Waals surface area contributed by atoms with Gasteiger partial charge in [-0.15, -0.1) is 0 Å². The molecule has 1 aliphatic rings. The van der Waals surface area contributed by atoms with Crippen molar-refractivity contribution in [1.29, 1.82) is 0 Å². The van der Waals surface area contributed by atoms with E-state index >= 15 is 0 Å². The van der Waals surface area contributed by atoms with Gasteiger partial charge < -0.3 is 15.2 Å². The molecule has 20 heavy (non-hydrogen) atoms. The Bertz CT molecular complexity index is 626. The van der Waals surface area contributed by atoms with E-state index in [4.69, 9.17) is 11.6 Å². The maximum atomic E-state index is 12.6. The average molecular weight is 291 g/mol. The van der Waals surface area contributed by atoms with Gasteiger partial charge in [0, 0.05) is 24.0 Å². The summed E-state index contributed by atoms with van der Waals surface area (Å²) in [5, 5.41) is 3.94. The van der Waals surface area contributed by atoms with Gasteiger partial charge in [-0.1, -0.05) is 18.5 Å². The Morgan fingerprint density at radius 2 is 2.30 bits per heavy atom. The third-order valence-corrected chi connectivity index (χ3v) is 3.55. The van der Waals surface area contributed by atoms with Crippen molar-refractivity contribution in [2.24, 2.45) is 0 Å². The molecule has 0 unspecified atom stereocenters. The van der Waals surface area contributed by atoms with Gasteiger partial charge in [-0.05, 0) is 24.6 Å². The van der Waals surface area contributed by atoms with Gasteiger partial charge in [-0.3, -0.25) is 4.79 Å². The number of aromatic amines is 1. The summed E-state index contributed by atoms with van der Waals surface area (Å²) in [6.07, 6.45) is 4.02. The van der Waals surface area contributed by atoms with Crippen LogP contribution < -0.4 is 5.32 Å². The first kappa shape index (κ1) is 13.0. The second kappa shape index (κ2) is 5.17. The molecule has 1 aromatic carbocycles. The summed E-state index contributed by atoms with van der Waals surface area (Å²) in [4.78, 5) is 21.7. The topological polar surface area (TPSA) is 61.0 Å². The molecule has 0 bridgehead atoms. The molecular weight excluding hydrogens is 276 g/mol. The van der Waals surface area contributed by atoms with E-state index in [-0.39, 0.29) is 12.1 Å². The first-order valence-electron chi connectivity index (χ1n) is 6.57. The van der Waals surface area contributed by atoms with Crippen LogP contribution in [0.15, 0.2) is 30.6 Å². The first-order chi connectivity index (χ1) is 9.70. The molecule has 6 heteroatoms. The van der Waals surface area contributed by atoms with Crippen molar-refractivity contribution in [3.8, 4) is 0 Å². The van der Waals surface area contributed by atoms with Crippen molar-refractivity contribution in [2.45, 2.75) is 19.5 Å². The van der Waals surface area contributed by atoms with Gasteiger partial charge in [0.25, 0.3) is 5.91 Å². The number of amides is 1. The Balaban J connectivity index is 2.04. The molecular formula is C14H15ClN4O. The fourth-order valence-corrected chi connectivity index (χ4v) is 2.61. The molecule has 104 valence electrons. The summed E-state index contributed by atoms with van der Waals surface area (Å²) >= 11 is 6.01. The van der Waals surface area contributed by atoms with Crippen molar-refractivity contribution in [3.05, 3.63) is 47.0 Å². The lowest BCUT2D eigenvalue weighted by molar-refractivity contribution is 0.0676. The summed E-state index contributed by atoms with van der Waals surface area (Å²) in [6, 6.07) is 5.26. The number of hydrogen-bond donors (Lipinski definition) is 2. The minimum atomic E-state index is -0.289. The van der Waals surface area contributed by atoms with Crippen molar-refractivity contribution in [3.63, 3.8) is 0 Å². The van der Waals surface area contributed by atoms with E-state index in [0.29, 0.717) is 17.1 Å². The number of aromatic nitrogens is 2. The van der Waals surface area contributed by atoms with Crippen molar-refractivity contribution >= 4 is 23.2 Å². The number of hydrogen-bond acceptors (Lipinski definition) is 3. The van der Waals surface area contributed by atoms with Gasteiger partial charge in [0.15, 0.2) is 6.17 Å². The highest BCUT2D eigenvalue weighted by Crippen LogP contribution is 2.33. The highest BCUT2D eigenvalue weighted by molar-refractivity contribution is 6.31. The van der Waals surface area contributed by atoms with Crippen LogP contribution in [0.5, 0.6) is 0 Å². The molecule has 0 spiro atoms. The maximum Gasteiger partial charge on any atom is 0.257 e. The molecule has 1 amide bonds. The highest BCUT2D eigenvalue weighted by Gasteiger charge is 2.33. The Hall–Kier alpha value is -2.01. The summed E-state index contributed by atoms with van der Waals surface area (Å²) in [7, 11) is 0. The van der Waals surface area contributed by atoms with Crippen LogP contribution in [0, 0.1) is 0 Å². The number of benzene rings is 1. The molecule has 1 aromatic heterocycles. The van der Waals surface area contributed by atoms with E-state index in [1.165, 1.54) is 0 Å². The van der Waals surface area contributed by atoms with Gasteiger partial charge in [0.1, 0.15) is 5.82 Å². The van der Waals surface area contributed by atoms with Crippen LogP contribution >= 0.6 is 11.6 Å². The molecule has 1 atom stereocenters. The van der Waals surface area contributed by atoms with Crippen LogP contribution in [-0.4, -0.2) is 27.3 Å². The third-order valence-electron chi connectivity index (χ3n) is 3.32. The standard InChI is InChI=1S/C14H15ClN4O/c1-2-7-19-13(12-16-5-6-17-12)18-11-8-9(15)3-4-10(11)14(19)20/h3-6,8,13,18H,2,7H2,1H3,(H,16,17)/t13-/m1/s1. The summed E-state index contributed by atoms with van der Waals surface area (Å²) in [6.45, 7) is 2.71. The quantitative estimate of drug-likeness (QED) is 0.913. The summed E-state index contributed by atoms with van der Waals surface area (Å²) in [5.41, 5.74) is 1.39. The maximum absolute atomic E-state index is 12.6. The van der Waals surface area contributed by atoms with E-state index in [1.54, 1.807) is 35.5 Å². The van der Waals surface area contributed by atoms with Crippen LogP contribution in [0.4, 0.5) is 5.69 Å². The number of rotatable bonds is 3. The zero-order chi connectivity index (χ0) is 14.1. The third kappa shape index (κ3) is 2.14. The Morgan fingerprint density at radius 1 is 1.45 bits per heavy atom. The SMILES string of the molecule is CCCN1C(=O)c2ccc(Cl)cc2N[C@H]1c1ncc[nH]1. The molecule has 0 saturated heterocycles. The van der Waals surface area contributed by atoms with E-state index in [0.717, 1.165) is 17.9 Å². The molecule has 0 fully saturated rings. The number of nitrogens with zero attached hydrogens (tertiary/aromatic N) is 2. The molecule has 1 aliphatic heterocycles. The molecule has 0 saturated carbocycles. The molecule has 0 aliphatic carbocycles. The number of halogens is 1. The van der Waals surface area contributed by atoms with Gasteiger partial charge >= 0.3 is 0 Å². The smallest absolute Gasteiger partial charge is 0.257 e. The predicted molar refractivity (Wildman–Crippen MR) is 77.7 cm³/mol. The van der Waals surface area contributed by atoms with Crippen LogP contribution in [0.1, 0.15) is 35.7 Å². The van der Waals surface area contributed by atoms with Crippen molar-refractivity contribution < 1.29 is 4.79 Å². The number of carbonyl (C=O) groups is 1. The lowest BCUT2D eigenvalue weighted by atomic mass is 10.1. The number of nitrogens with one attached hydrogen (secondary N) is 2. The van der Waals surface area contributed by atoms with Gasteiger partial charge in [0.05, 0.1) is 11.3 Å². The van der Waals surface area contributed by atoms with Crippen LogP contribution in [-0.2, 0) is 0 Å². The fourth-order valence-electron chi connectivity index (χ4n) is 2.43. The Labute approximate surface area is 122 Å². The predicted octanol–water partition coefficient (Wildman–Crippen LogP) is 3.04. The first-order valence-corrected chi connectivity index (χ1v) is 6.95. The summed E-state index contributed by atoms with van der Waals surface area (Å²) < 4.78 is 0. The second-order valence-corrected chi connectivity index (χ2v) is 5.15. The molecule has 2 N–H and O–H groups in total. The molecule has 2 heterocycles. The van der Waals surface area contributed by atoms with Crippen LogP contribution in [0.25, 0.3) is 0 Å². The molecule has 0 radical (unpaired) electrons. The molecule has 5 nitrogen and oxygen atoms in total. The fraction of sp³-hybridized carbons (Fsp3) is 0.286. The van der Waals surface area contributed by atoms with Gasteiger partial charge in [-0.2, -0.15) is 0 Å². The van der Waals surface area contributed by atoms with E-state index in [2.05, 4.69) is 15.3 Å². The van der Waals surface area contributed by atoms with E-state index in [9.17, 15) is 4.79 Å². The van der Waals surface area contributed by atoms with Crippen LogP contribution in [0.3, 0.4) is 0 Å². The van der Waals surface area contributed by atoms with E-state index in [1.807, 2.05) is 6.92 Å². The normalized spacial score (nSPS) is 17.8. The number of H-pyrrole nitrogens is 1. The Kier molecular flexibility index (Phi) is 3.36. The second-order valence-electron chi connectivity index (χ2n) is 4.71. The zero-order valence-electron chi connectivity index (χ0n) is 11.1. The van der Waals surface area contributed by atoms with Crippen molar-refractivity contribution in [2.75, 3.05) is 11.9 Å². The minimum Gasteiger partial charge on any atom is -0.358 e. The average Bonchev–Trinajstić information content (AvgIpc) is 2.95. The summed E-state index contributed by atoms with van der Waals surface area (Å²) in [5.74, 6) is 0.719. The number of imidazole rings is 1. The molecule has 2 aromatic rings. The van der Waals surface area contributed by atoms with Gasteiger partial charge in [0.2, 0.25) is 0 Å². The monoisotopic (exact) mass is 290 g/mol. The number of anilines is 1. The van der Waals surface area contributed by atoms with E-state index < -0.39 is 0 Å². The minimum absolute atomic E-state index is 0.00123. The molecule has 3 rings (SSSR count). The lowest BCUT2D eigenvalue weighted by Gasteiger charge is -2.36. The van der Waals surface area contributed by atoms with Crippen LogP contribution in [0.2, 0.25) is 5.02 Å². The zero-order valence-corrected chi connectivity index (χ0v) is 11.8.